The molecule has 0 saturated heterocycles. The van der Waals surface area contributed by atoms with E-state index in [0.717, 1.165) is 0 Å². The molecule has 7 nitrogen and oxygen atoms in total. The first-order chi connectivity index (χ1) is 8.29. The van der Waals surface area contributed by atoms with Gasteiger partial charge in [-0.05, 0) is 5.92 Å². The first kappa shape index (κ1) is 16.4. The van der Waals surface area contributed by atoms with Crippen molar-refractivity contribution in [2.24, 2.45) is 5.92 Å². The number of nitrogens with one attached hydrogen (secondary N) is 1. The van der Waals surface area contributed by atoms with Gasteiger partial charge in [0.1, 0.15) is 12.6 Å². The first-order valence-electron chi connectivity index (χ1n) is 5.54. The van der Waals surface area contributed by atoms with Crippen LogP contribution in [-0.2, 0) is 19.1 Å². The fraction of sp³-hybridized carbons (Fsp3) is 0.727. The molecule has 0 heterocycles. The van der Waals surface area contributed by atoms with E-state index in [1.807, 2.05) is 0 Å². The molecular formula is C11H20N2O5. The number of carbonyl (C=O) groups is 3. The zero-order valence-electron chi connectivity index (χ0n) is 11.1. The van der Waals surface area contributed by atoms with Crippen molar-refractivity contribution in [2.45, 2.75) is 19.9 Å². The number of carboxylic acid groups (broad SMARTS) is 1. The zero-order chi connectivity index (χ0) is 14.3. The Balaban J connectivity index is 4.33. The molecule has 0 radical (unpaired) electrons. The monoisotopic (exact) mass is 260 g/mol. The van der Waals surface area contributed by atoms with E-state index in [1.54, 1.807) is 13.8 Å². The highest BCUT2D eigenvalue weighted by Crippen LogP contribution is 2.01. The van der Waals surface area contributed by atoms with E-state index in [2.05, 4.69) is 10.1 Å². The Bertz CT molecular complexity index is 317. The van der Waals surface area contributed by atoms with Gasteiger partial charge in [0.25, 0.3) is 0 Å². The van der Waals surface area contributed by atoms with Gasteiger partial charge in [-0.1, -0.05) is 13.8 Å². The molecule has 1 atom stereocenters. The second-order valence-corrected chi connectivity index (χ2v) is 4.31. The largest absolute Gasteiger partial charge is 0.480 e. The summed E-state index contributed by atoms with van der Waals surface area (Å²) in [7, 11) is 2.83. The summed E-state index contributed by atoms with van der Waals surface area (Å²) in [6, 6.07) is -0.955. The predicted octanol–water partition coefficient (Wildman–Crippen LogP) is -0.683. The SMILES string of the molecule is COCC(=O)N(C)CC(=O)N[C@H](C(=O)O)C(C)C. The van der Waals surface area contributed by atoms with E-state index in [0.29, 0.717) is 0 Å². The maximum atomic E-state index is 11.6. The number of hydrogen-bond acceptors (Lipinski definition) is 4. The van der Waals surface area contributed by atoms with Gasteiger partial charge in [0.15, 0.2) is 0 Å². The van der Waals surface area contributed by atoms with E-state index in [9.17, 15) is 14.4 Å². The molecule has 0 aliphatic carbocycles. The van der Waals surface area contributed by atoms with Gasteiger partial charge >= 0.3 is 5.97 Å². The van der Waals surface area contributed by atoms with Gasteiger partial charge in [-0.3, -0.25) is 9.59 Å². The third kappa shape index (κ3) is 5.62. The van der Waals surface area contributed by atoms with Crippen LogP contribution >= 0.6 is 0 Å². The summed E-state index contributed by atoms with van der Waals surface area (Å²) in [4.78, 5) is 35.0. The summed E-state index contributed by atoms with van der Waals surface area (Å²) in [5.74, 6) is -2.18. The Kier molecular flexibility index (Phi) is 6.96. The molecule has 0 saturated carbocycles. The van der Waals surface area contributed by atoms with E-state index >= 15 is 0 Å². The highest BCUT2D eigenvalue weighted by molar-refractivity contribution is 5.88. The lowest BCUT2D eigenvalue weighted by atomic mass is 10.0. The van der Waals surface area contributed by atoms with Gasteiger partial charge in [-0.15, -0.1) is 0 Å². The molecule has 0 spiro atoms. The molecule has 0 bridgehead atoms. The first-order valence-corrected chi connectivity index (χ1v) is 5.54. The summed E-state index contributed by atoms with van der Waals surface area (Å²) in [5, 5.41) is 11.3. The molecular weight excluding hydrogens is 240 g/mol. The number of hydrogen-bond donors (Lipinski definition) is 2. The van der Waals surface area contributed by atoms with Gasteiger partial charge < -0.3 is 20.1 Å². The molecule has 104 valence electrons. The van der Waals surface area contributed by atoms with Crippen LogP contribution in [0.4, 0.5) is 0 Å². The number of carbonyl (C=O) groups excluding carboxylic acids is 2. The molecule has 0 aliphatic heterocycles. The molecule has 0 rings (SSSR count). The van der Waals surface area contributed by atoms with Gasteiger partial charge in [0.05, 0.1) is 6.54 Å². The van der Waals surface area contributed by atoms with Gasteiger partial charge in [-0.2, -0.15) is 0 Å². The normalized spacial score (nSPS) is 12.1. The molecule has 0 aromatic rings. The van der Waals surface area contributed by atoms with Crippen LogP contribution in [0, 0.1) is 5.92 Å². The predicted molar refractivity (Wildman–Crippen MR) is 63.9 cm³/mol. The minimum atomic E-state index is -1.09. The number of methoxy groups -OCH3 is 1. The van der Waals surface area contributed by atoms with Crippen LogP contribution in [0.1, 0.15) is 13.8 Å². The standard InChI is InChI=1S/C11H20N2O5/c1-7(2)10(11(16)17)12-8(14)5-13(3)9(15)6-18-4/h7,10H,5-6H2,1-4H3,(H,12,14)(H,16,17)/t10-/m0/s1. The minimum Gasteiger partial charge on any atom is -0.480 e. The lowest BCUT2D eigenvalue weighted by molar-refractivity contribution is -0.144. The number of carboxylic acids is 1. The summed E-state index contributed by atoms with van der Waals surface area (Å²) >= 11 is 0. The van der Waals surface area contributed by atoms with Crippen LogP contribution in [0.3, 0.4) is 0 Å². The topological polar surface area (TPSA) is 95.9 Å². The number of rotatable bonds is 7. The Morgan fingerprint density at radius 3 is 2.28 bits per heavy atom. The lowest BCUT2D eigenvalue weighted by Crippen LogP contribution is -2.48. The highest BCUT2D eigenvalue weighted by atomic mass is 16.5. The van der Waals surface area contributed by atoms with Crippen LogP contribution in [0.2, 0.25) is 0 Å². The van der Waals surface area contributed by atoms with E-state index < -0.39 is 17.9 Å². The van der Waals surface area contributed by atoms with Crippen molar-refractivity contribution in [3.63, 3.8) is 0 Å². The van der Waals surface area contributed by atoms with Crippen LogP contribution in [0.15, 0.2) is 0 Å². The van der Waals surface area contributed by atoms with Crippen molar-refractivity contribution in [3.8, 4) is 0 Å². The maximum Gasteiger partial charge on any atom is 0.326 e. The van der Waals surface area contributed by atoms with E-state index in [1.165, 1.54) is 19.1 Å². The van der Waals surface area contributed by atoms with Crippen molar-refractivity contribution < 1.29 is 24.2 Å². The van der Waals surface area contributed by atoms with Crippen molar-refractivity contribution in [2.75, 3.05) is 27.3 Å². The average molecular weight is 260 g/mol. The number of ether oxygens (including phenoxy) is 1. The Labute approximate surface area is 106 Å². The van der Waals surface area contributed by atoms with E-state index in [-0.39, 0.29) is 25.0 Å². The summed E-state index contributed by atoms with van der Waals surface area (Å²) in [6.45, 7) is 3.08. The number of aliphatic carboxylic acids is 1. The second-order valence-electron chi connectivity index (χ2n) is 4.31. The van der Waals surface area contributed by atoms with Crippen LogP contribution in [0.5, 0.6) is 0 Å². The summed E-state index contributed by atoms with van der Waals surface area (Å²) in [5.41, 5.74) is 0. The maximum absolute atomic E-state index is 11.6. The molecule has 0 aromatic carbocycles. The Morgan fingerprint density at radius 1 is 1.33 bits per heavy atom. The molecule has 18 heavy (non-hydrogen) atoms. The molecule has 2 N–H and O–H groups in total. The number of amides is 2. The molecule has 0 aromatic heterocycles. The van der Waals surface area contributed by atoms with Crippen molar-refractivity contribution in [1.29, 1.82) is 0 Å². The van der Waals surface area contributed by atoms with Gasteiger partial charge in [-0.25, -0.2) is 4.79 Å². The smallest absolute Gasteiger partial charge is 0.326 e. The number of likely N-dealkylation sites (N-methyl/N-ethyl adjacent to an activating group) is 1. The molecule has 2 amide bonds. The summed E-state index contributed by atoms with van der Waals surface area (Å²) < 4.78 is 4.65. The lowest BCUT2D eigenvalue weighted by Gasteiger charge is -2.21. The number of nitrogens with zero attached hydrogens (tertiary/aromatic N) is 1. The van der Waals surface area contributed by atoms with Crippen molar-refractivity contribution >= 4 is 17.8 Å². The highest BCUT2D eigenvalue weighted by Gasteiger charge is 2.24. The zero-order valence-corrected chi connectivity index (χ0v) is 11.1. The average Bonchev–Trinajstić information content (AvgIpc) is 2.25. The third-order valence-electron chi connectivity index (χ3n) is 2.32. The minimum absolute atomic E-state index is 0.115. The molecule has 0 fully saturated rings. The van der Waals surface area contributed by atoms with E-state index in [4.69, 9.17) is 5.11 Å². The van der Waals surface area contributed by atoms with Crippen molar-refractivity contribution in [1.82, 2.24) is 10.2 Å². The van der Waals surface area contributed by atoms with Crippen LogP contribution in [0.25, 0.3) is 0 Å². The van der Waals surface area contributed by atoms with Crippen molar-refractivity contribution in [3.05, 3.63) is 0 Å². The van der Waals surface area contributed by atoms with Crippen LogP contribution < -0.4 is 5.32 Å². The fourth-order valence-corrected chi connectivity index (χ4v) is 1.27. The van der Waals surface area contributed by atoms with Crippen LogP contribution in [-0.4, -0.2) is 61.1 Å². The third-order valence-corrected chi connectivity index (χ3v) is 2.32. The van der Waals surface area contributed by atoms with Gasteiger partial charge in [0, 0.05) is 14.2 Å². The quantitative estimate of drug-likeness (QED) is 0.632. The second kappa shape index (κ2) is 7.65. The molecule has 0 aliphatic rings. The van der Waals surface area contributed by atoms with Gasteiger partial charge in [0.2, 0.25) is 11.8 Å². The fourth-order valence-electron chi connectivity index (χ4n) is 1.27. The Hall–Kier alpha value is -1.63. The Morgan fingerprint density at radius 2 is 1.89 bits per heavy atom. The summed E-state index contributed by atoms with van der Waals surface area (Å²) in [6.07, 6.45) is 0. The molecule has 7 heteroatoms. The molecule has 0 unspecified atom stereocenters.